The normalized spacial score (nSPS) is 19.8. The molecule has 0 radical (unpaired) electrons. The average Bonchev–Trinajstić information content (AvgIpc) is 3.11. The van der Waals surface area contributed by atoms with Crippen molar-refractivity contribution in [1.82, 2.24) is 14.5 Å². The predicted octanol–water partition coefficient (Wildman–Crippen LogP) is 3.37. The maximum Gasteiger partial charge on any atom is 0.230 e. The molecule has 0 spiro atoms. The molecule has 5 nitrogen and oxygen atoms in total. The molecule has 0 aliphatic carbocycles. The number of amides is 1. The van der Waals surface area contributed by atoms with E-state index >= 15 is 0 Å². The maximum absolute atomic E-state index is 12.9. The molecule has 0 N–H and O–H groups in total. The summed E-state index contributed by atoms with van der Waals surface area (Å²) in [6.45, 7) is 9.44. The Morgan fingerprint density at radius 2 is 2.17 bits per heavy atom. The minimum absolute atomic E-state index is 0.157. The van der Waals surface area contributed by atoms with Gasteiger partial charge in [-0.25, -0.2) is 4.98 Å². The zero-order chi connectivity index (χ0) is 16.6. The highest BCUT2D eigenvalue weighted by Gasteiger charge is 2.30. The fourth-order valence-corrected chi connectivity index (χ4v) is 3.64. The van der Waals surface area contributed by atoms with Gasteiger partial charge in [-0.1, -0.05) is 0 Å². The Morgan fingerprint density at radius 3 is 2.78 bits per heavy atom. The zero-order valence-electron chi connectivity index (χ0n) is 14.4. The van der Waals surface area contributed by atoms with Gasteiger partial charge >= 0.3 is 0 Å². The van der Waals surface area contributed by atoms with Gasteiger partial charge in [-0.05, 0) is 46.6 Å². The lowest BCUT2D eigenvalue weighted by atomic mass is 9.97. The smallest absolute Gasteiger partial charge is 0.230 e. The molecule has 23 heavy (non-hydrogen) atoms. The van der Waals surface area contributed by atoms with Crippen LogP contribution in [0, 0.1) is 20.8 Å². The lowest BCUT2D eigenvalue weighted by Gasteiger charge is -2.35. The van der Waals surface area contributed by atoms with Crippen LogP contribution in [0.1, 0.15) is 54.6 Å². The van der Waals surface area contributed by atoms with Crippen molar-refractivity contribution >= 4 is 5.91 Å². The van der Waals surface area contributed by atoms with Gasteiger partial charge in [0.05, 0.1) is 12.0 Å². The van der Waals surface area contributed by atoms with Crippen LogP contribution < -0.4 is 0 Å². The zero-order valence-corrected chi connectivity index (χ0v) is 14.4. The van der Waals surface area contributed by atoms with Crippen LogP contribution >= 0.6 is 0 Å². The fraction of sp³-hybridized carbons (Fsp3) is 0.556. The van der Waals surface area contributed by atoms with E-state index in [1.54, 1.807) is 0 Å². The highest BCUT2D eigenvalue weighted by molar-refractivity contribution is 5.83. The van der Waals surface area contributed by atoms with Crippen molar-refractivity contribution in [2.24, 2.45) is 0 Å². The number of aryl methyl sites for hydroxylation is 3. The summed E-state index contributed by atoms with van der Waals surface area (Å²) in [6.07, 6.45) is 5.97. The number of rotatable bonds is 3. The van der Waals surface area contributed by atoms with Gasteiger partial charge in [0.1, 0.15) is 17.3 Å². The molecule has 3 heterocycles. The number of nitrogens with zero attached hydrogens (tertiary/aromatic N) is 3. The Hall–Kier alpha value is -2.04. The van der Waals surface area contributed by atoms with Crippen molar-refractivity contribution in [3.05, 3.63) is 41.4 Å². The molecule has 2 aromatic heterocycles. The molecule has 5 heteroatoms. The van der Waals surface area contributed by atoms with E-state index in [0.29, 0.717) is 6.04 Å². The summed E-state index contributed by atoms with van der Waals surface area (Å²) in [5, 5.41) is 0. The second-order valence-corrected chi connectivity index (χ2v) is 6.55. The van der Waals surface area contributed by atoms with Crippen LogP contribution in [-0.2, 0) is 4.79 Å². The summed E-state index contributed by atoms with van der Waals surface area (Å²) in [5.74, 6) is 2.76. The van der Waals surface area contributed by atoms with Gasteiger partial charge < -0.3 is 13.9 Å². The summed E-state index contributed by atoms with van der Waals surface area (Å²) in [7, 11) is 0. The largest absolute Gasteiger partial charge is 0.466 e. The Kier molecular flexibility index (Phi) is 4.28. The molecule has 1 fully saturated rings. The molecule has 1 amide bonds. The summed E-state index contributed by atoms with van der Waals surface area (Å²) in [6, 6.07) is 2.31. The monoisotopic (exact) mass is 315 g/mol. The second kappa shape index (κ2) is 6.22. The van der Waals surface area contributed by atoms with E-state index in [1.807, 2.05) is 51.1 Å². The van der Waals surface area contributed by atoms with Crippen molar-refractivity contribution in [2.75, 3.05) is 13.1 Å². The van der Waals surface area contributed by atoms with E-state index in [1.165, 1.54) is 0 Å². The lowest BCUT2D eigenvalue weighted by molar-refractivity contribution is -0.134. The third-order valence-corrected chi connectivity index (χ3v) is 4.88. The first-order valence-electron chi connectivity index (χ1n) is 8.32. The van der Waals surface area contributed by atoms with Gasteiger partial charge in [-0.3, -0.25) is 4.79 Å². The van der Waals surface area contributed by atoms with E-state index in [4.69, 9.17) is 4.42 Å². The molecule has 1 aliphatic rings. The first-order chi connectivity index (χ1) is 11.0. The van der Waals surface area contributed by atoms with Gasteiger partial charge in [-0.15, -0.1) is 0 Å². The van der Waals surface area contributed by atoms with Crippen molar-refractivity contribution in [3.8, 4) is 0 Å². The van der Waals surface area contributed by atoms with E-state index in [-0.39, 0.29) is 11.8 Å². The average molecular weight is 315 g/mol. The van der Waals surface area contributed by atoms with Gasteiger partial charge in [0.15, 0.2) is 0 Å². The molecule has 3 rings (SSSR count). The van der Waals surface area contributed by atoms with Crippen molar-refractivity contribution in [1.29, 1.82) is 0 Å². The predicted molar refractivity (Wildman–Crippen MR) is 88.4 cm³/mol. The molecule has 1 aliphatic heterocycles. The molecule has 0 unspecified atom stereocenters. The number of imidazole rings is 1. The molecule has 0 aromatic carbocycles. The molecule has 2 aromatic rings. The number of carbonyl (C=O) groups excluding carboxylic acids is 1. The minimum Gasteiger partial charge on any atom is -0.466 e. The van der Waals surface area contributed by atoms with Crippen LogP contribution in [0.2, 0.25) is 0 Å². The first kappa shape index (κ1) is 15.8. The SMILES string of the molecule is Cc1cc([C@H](C)C(=O)N2CCC[C@H](n3ccnc3C)C2)c(C)o1. The van der Waals surface area contributed by atoms with Crippen molar-refractivity contribution < 1.29 is 9.21 Å². The molecule has 1 saturated heterocycles. The van der Waals surface area contributed by atoms with Gasteiger partial charge in [0, 0.05) is 31.0 Å². The molecular formula is C18H25N3O2. The van der Waals surface area contributed by atoms with Crippen LogP contribution in [0.25, 0.3) is 0 Å². The molecule has 0 saturated carbocycles. The highest BCUT2D eigenvalue weighted by Crippen LogP contribution is 2.28. The number of likely N-dealkylation sites (tertiary alicyclic amines) is 1. The highest BCUT2D eigenvalue weighted by atomic mass is 16.3. The van der Waals surface area contributed by atoms with Gasteiger partial charge in [0.2, 0.25) is 5.91 Å². The Labute approximate surface area is 137 Å². The number of hydrogen-bond acceptors (Lipinski definition) is 3. The Morgan fingerprint density at radius 1 is 1.39 bits per heavy atom. The molecule has 124 valence electrons. The van der Waals surface area contributed by atoms with E-state index < -0.39 is 0 Å². The maximum atomic E-state index is 12.9. The summed E-state index contributed by atoms with van der Waals surface area (Å²) >= 11 is 0. The van der Waals surface area contributed by atoms with Crippen LogP contribution in [0.3, 0.4) is 0 Å². The standard InChI is InChI=1S/C18H25N3O2/c1-12-10-17(14(3)23-12)13(2)18(22)20-8-5-6-16(11-20)21-9-7-19-15(21)4/h7,9-10,13,16H,5-6,8,11H2,1-4H3/t13-,16-/m0/s1. The minimum atomic E-state index is -0.157. The summed E-state index contributed by atoms with van der Waals surface area (Å²) < 4.78 is 7.78. The fourth-order valence-electron chi connectivity index (χ4n) is 3.64. The van der Waals surface area contributed by atoms with Crippen LogP contribution in [-0.4, -0.2) is 33.4 Å². The van der Waals surface area contributed by atoms with Gasteiger partial charge in [-0.2, -0.15) is 0 Å². The first-order valence-corrected chi connectivity index (χ1v) is 8.32. The van der Waals surface area contributed by atoms with E-state index in [9.17, 15) is 4.79 Å². The molecular weight excluding hydrogens is 290 g/mol. The summed E-state index contributed by atoms with van der Waals surface area (Å²) in [4.78, 5) is 19.2. The Bertz CT molecular complexity index is 701. The number of hydrogen-bond donors (Lipinski definition) is 0. The Balaban J connectivity index is 1.74. The summed E-state index contributed by atoms with van der Waals surface area (Å²) in [5.41, 5.74) is 1.01. The van der Waals surface area contributed by atoms with Crippen LogP contribution in [0.4, 0.5) is 0 Å². The van der Waals surface area contributed by atoms with E-state index in [0.717, 1.165) is 48.8 Å². The number of furan rings is 1. The third kappa shape index (κ3) is 3.05. The van der Waals surface area contributed by atoms with Crippen molar-refractivity contribution in [3.63, 3.8) is 0 Å². The number of aromatic nitrogens is 2. The third-order valence-electron chi connectivity index (χ3n) is 4.88. The van der Waals surface area contributed by atoms with Gasteiger partial charge in [0.25, 0.3) is 0 Å². The topological polar surface area (TPSA) is 51.3 Å². The second-order valence-electron chi connectivity index (χ2n) is 6.55. The van der Waals surface area contributed by atoms with E-state index in [2.05, 4.69) is 9.55 Å². The number of carbonyl (C=O) groups is 1. The van der Waals surface area contributed by atoms with Crippen LogP contribution in [0.15, 0.2) is 22.9 Å². The van der Waals surface area contributed by atoms with Crippen molar-refractivity contribution in [2.45, 2.75) is 52.5 Å². The van der Waals surface area contributed by atoms with Crippen LogP contribution in [0.5, 0.6) is 0 Å². The molecule has 0 bridgehead atoms. The molecule has 2 atom stereocenters. The quantitative estimate of drug-likeness (QED) is 0.872. The number of piperidine rings is 1. The lowest BCUT2D eigenvalue weighted by Crippen LogP contribution is -2.42.